The highest BCUT2D eigenvalue weighted by Crippen LogP contribution is 2.30. The van der Waals surface area contributed by atoms with E-state index in [0.717, 1.165) is 22.6 Å². The normalized spacial score (nSPS) is 10.3. The molecule has 2 rings (SSSR count). The first-order valence-corrected chi connectivity index (χ1v) is 6.20. The third-order valence-corrected chi connectivity index (χ3v) is 3.01. The van der Waals surface area contributed by atoms with Crippen LogP contribution in [0.1, 0.15) is 11.1 Å². The van der Waals surface area contributed by atoms with Crippen molar-refractivity contribution < 1.29 is 4.74 Å². The molecular weight excluding hydrogens is 255 g/mol. The van der Waals surface area contributed by atoms with Crippen LogP contribution in [0.5, 0.6) is 11.5 Å². The SMILES string of the molecule is Cc1ccc(Cl)cc1Oc1ccccc1CCl. The van der Waals surface area contributed by atoms with Crippen molar-refractivity contribution in [2.45, 2.75) is 12.8 Å². The van der Waals surface area contributed by atoms with Crippen molar-refractivity contribution in [3.63, 3.8) is 0 Å². The molecule has 0 heterocycles. The maximum absolute atomic E-state index is 5.95. The second kappa shape index (κ2) is 5.44. The largest absolute Gasteiger partial charge is 0.457 e. The van der Waals surface area contributed by atoms with Crippen molar-refractivity contribution in [1.29, 1.82) is 0 Å². The number of rotatable bonds is 3. The van der Waals surface area contributed by atoms with E-state index in [1.807, 2.05) is 49.4 Å². The molecule has 2 aromatic carbocycles. The van der Waals surface area contributed by atoms with Gasteiger partial charge in [-0.2, -0.15) is 0 Å². The molecule has 0 spiro atoms. The van der Waals surface area contributed by atoms with Gasteiger partial charge in [0.25, 0.3) is 0 Å². The molecule has 0 N–H and O–H groups in total. The molecule has 0 unspecified atom stereocenters. The Morgan fingerprint density at radius 3 is 2.59 bits per heavy atom. The number of aryl methyl sites for hydroxylation is 1. The van der Waals surface area contributed by atoms with Gasteiger partial charge in [-0.1, -0.05) is 35.9 Å². The molecule has 88 valence electrons. The third kappa shape index (κ3) is 2.93. The molecule has 1 nitrogen and oxygen atoms in total. The van der Waals surface area contributed by atoms with E-state index in [9.17, 15) is 0 Å². The lowest BCUT2D eigenvalue weighted by Crippen LogP contribution is -1.91. The number of hydrogen-bond acceptors (Lipinski definition) is 1. The summed E-state index contributed by atoms with van der Waals surface area (Å²) in [6.45, 7) is 1.98. The molecule has 0 radical (unpaired) electrons. The summed E-state index contributed by atoms with van der Waals surface area (Å²) in [5, 5.41) is 0.661. The topological polar surface area (TPSA) is 9.23 Å². The molecule has 0 saturated heterocycles. The van der Waals surface area contributed by atoms with Crippen LogP contribution in [0.25, 0.3) is 0 Å². The minimum atomic E-state index is 0.426. The summed E-state index contributed by atoms with van der Waals surface area (Å²) in [5.41, 5.74) is 2.01. The van der Waals surface area contributed by atoms with Crippen LogP contribution in [-0.2, 0) is 5.88 Å². The van der Waals surface area contributed by atoms with Crippen molar-refractivity contribution in [2.24, 2.45) is 0 Å². The predicted molar refractivity (Wildman–Crippen MR) is 72.3 cm³/mol. The standard InChI is InChI=1S/C14H12Cl2O/c1-10-6-7-12(16)8-14(10)17-13-5-3-2-4-11(13)9-15/h2-8H,9H2,1H3. The molecule has 17 heavy (non-hydrogen) atoms. The fraction of sp³-hybridized carbons (Fsp3) is 0.143. The van der Waals surface area contributed by atoms with Gasteiger partial charge in [0.2, 0.25) is 0 Å². The molecule has 0 aliphatic carbocycles. The Labute approximate surface area is 111 Å². The van der Waals surface area contributed by atoms with Crippen LogP contribution in [0.2, 0.25) is 5.02 Å². The van der Waals surface area contributed by atoms with Gasteiger partial charge in [-0.05, 0) is 30.7 Å². The molecule has 0 aliphatic heterocycles. The Balaban J connectivity index is 2.34. The van der Waals surface area contributed by atoms with Gasteiger partial charge in [0.05, 0.1) is 5.88 Å². The second-order valence-corrected chi connectivity index (χ2v) is 4.46. The van der Waals surface area contributed by atoms with Crippen molar-refractivity contribution in [3.8, 4) is 11.5 Å². The van der Waals surface area contributed by atoms with Gasteiger partial charge in [-0.25, -0.2) is 0 Å². The summed E-state index contributed by atoms with van der Waals surface area (Å²) in [4.78, 5) is 0. The average molecular weight is 267 g/mol. The Morgan fingerprint density at radius 1 is 1.06 bits per heavy atom. The zero-order valence-corrected chi connectivity index (χ0v) is 10.9. The number of hydrogen-bond donors (Lipinski definition) is 0. The average Bonchev–Trinajstić information content (AvgIpc) is 2.34. The summed E-state index contributed by atoms with van der Waals surface area (Å²) < 4.78 is 5.84. The van der Waals surface area contributed by atoms with Gasteiger partial charge < -0.3 is 4.74 Å². The first-order chi connectivity index (χ1) is 8.20. The van der Waals surface area contributed by atoms with E-state index < -0.39 is 0 Å². The summed E-state index contributed by atoms with van der Waals surface area (Å²) in [6, 6.07) is 13.3. The molecular formula is C14H12Cl2O. The molecule has 0 fully saturated rings. The maximum atomic E-state index is 5.95. The zero-order valence-electron chi connectivity index (χ0n) is 9.41. The highest BCUT2D eigenvalue weighted by Gasteiger charge is 2.06. The van der Waals surface area contributed by atoms with Gasteiger partial charge in [0.1, 0.15) is 11.5 Å². The number of ether oxygens (including phenoxy) is 1. The highest BCUT2D eigenvalue weighted by atomic mass is 35.5. The van der Waals surface area contributed by atoms with Crippen LogP contribution in [0.15, 0.2) is 42.5 Å². The lowest BCUT2D eigenvalue weighted by molar-refractivity contribution is 0.475. The number of halogens is 2. The first kappa shape index (κ1) is 12.3. The Hall–Kier alpha value is -1.18. The zero-order chi connectivity index (χ0) is 12.3. The van der Waals surface area contributed by atoms with Crippen LogP contribution in [0.4, 0.5) is 0 Å². The van der Waals surface area contributed by atoms with Crippen LogP contribution in [0, 0.1) is 6.92 Å². The molecule has 2 aromatic rings. The van der Waals surface area contributed by atoms with Gasteiger partial charge in [-0.3, -0.25) is 0 Å². The minimum Gasteiger partial charge on any atom is -0.457 e. The predicted octanol–water partition coefficient (Wildman–Crippen LogP) is 5.18. The van der Waals surface area contributed by atoms with Crippen molar-refractivity contribution in [2.75, 3.05) is 0 Å². The second-order valence-electron chi connectivity index (χ2n) is 3.75. The van der Waals surface area contributed by atoms with E-state index in [1.54, 1.807) is 0 Å². The van der Waals surface area contributed by atoms with Crippen LogP contribution in [0.3, 0.4) is 0 Å². The fourth-order valence-electron chi connectivity index (χ4n) is 1.52. The fourth-order valence-corrected chi connectivity index (χ4v) is 1.90. The van der Waals surface area contributed by atoms with Crippen LogP contribution >= 0.6 is 23.2 Å². The lowest BCUT2D eigenvalue weighted by atomic mass is 10.2. The van der Waals surface area contributed by atoms with Crippen LogP contribution in [-0.4, -0.2) is 0 Å². The summed E-state index contributed by atoms with van der Waals surface area (Å²) in [5.74, 6) is 1.96. The lowest BCUT2D eigenvalue weighted by Gasteiger charge is -2.11. The Bertz CT molecular complexity index is 523. The van der Waals surface area contributed by atoms with E-state index in [0.29, 0.717) is 10.9 Å². The molecule has 0 bridgehead atoms. The van der Waals surface area contributed by atoms with E-state index in [2.05, 4.69) is 0 Å². The number of benzene rings is 2. The summed E-state index contributed by atoms with van der Waals surface area (Å²) in [7, 11) is 0. The van der Waals surface area contributed by atoms with Gasteiger partial charge in [0.15, 0.2) is 0 Å². The smallest absolute Gasteiger partial charge is 0.131 e. The van der Waals surface area contributed by atoms with E-state index in [4.69, 9.17) is 27.9 Å². The Kier molecular flexibility index (Phi) is 3.93. The van der Waals surface area contributed by atoms with Crippen LogP contribution < -0.4 is 4.74 Å². The third-order valence-electron chi connectivity index (χ3n) is 2.49. The van der Waals surface area contributed by atoms with E-state index in [-0.39, 0.29) is 0 Å². The molecule has 0 saturated carbocycles. The Morgan fingerprint density at radius 2 is 1.82 bits per heavy atom. The van der Waals surface area contributed by atoms with Gasteiger partial charge in [0, 0.05) is 10.6 Å². The highest BCUT2D eigenvalue weighted by molar-refractivity contribution is 6.30. The van der Waals surface area contributed by atoms with Gasteiger partial charge in [-0.15, -0.1) is 11.6 Å². The van der Waals surface area contributed by atoms with Crippen molar-refractivity contribution >= 4 is 23.2 Å². The summed E-state index contributed by atoms with van der Waals surface area (Å²) >= 11 is 11.8. The van der Waals surface area contributed by atoms with E-state index >= 15 is 0 Å². The molecule has 3 heteroatoms. The van der Waals surface area contributed by atoms with E-state index in [1.165, 1.54) is 0 Å². The summed E-state index contributed by atoms with van der Waals surface area (Å²) in [6.07, 6.45) is 0. The van der Waals surface area contributed by atoms with Crippen molar-refractivity contribution in [1.82, 2.24) is 0 Å². The molecule has 0 atom stereocenters. The monoisotopic (exact) mass is 266 g/mol. The molecule has 0 aliphatic rings. The molecule has 0 aromatic heterocycles. The van der Waals surface area contributed by atoms with Crippen molar-refractivity contribution in [3.05, 3.63) is 58.6 Å². The quantitative estimate of drug-likeness (QED) is 0.696. The number of para-hydroxylation sites is 1. The minimum absolute atomic E-state index is 0.426. The molecule has 0 amide bonds. The maximum Gasteiger partial charge on any atom is 0.131 e. The number of alkyl halides is 1. The first-order valence-electron chi connectivity index (χ1n) is 5.28. The van der Waals surface area contributed by atoms with Gasteiger partial charge >= 0.3 is 0 Å².